The molecule has 0 spiro atoms. The van der Waals surface area contributed by atoms with E-state index in [1.807, 2.05) is 18.2 Å². The Morgan fingerprint density at radius 1 is 1.05 bits per heavy atom. The highest BCUT2D eigenvalue weighted by atomic mass is 79.9. The van der Waals surface area contributed by atoms with Gasteiger partial charge in [-0.2, -0.15) is 0 Å². The lowest BCUT2D eigenvalue weighted by atomic mass is 9.87. The molecule has 2 rings (SSSR count). The molecule has 0 atom stereocenters. The van der Waals surface area contributed by atoms with Crippen LogP contribution in [0.4, 0.5) is 5.69 Å². The molecule has 0 amide bonds. The number of anilines is 1. The molecule has 0 saturated carbocycles. The molecule has 2 nitrogen and oxygen atoms in total. The molecule has 3 heteroatoms. The maximum absolute atomic E-state index is 5.83. The minimum atomic E-state index is 0.177. The smallest absolute Gasteiger partial charge is 0.136 e. The molecular formula is C17H20BrNO. The van der Waals surface area contributed by atoms with Crippen molar-refractivity contribution in [2.24, 2.45) is 0 Å². The van der Waals surface area contributed by atoms with E-state index >= 15 is 0 Å². The number of benzene rings is 2. The van der Waals surface area contributed by atoms with Gasteiger partial charge in [0.2, 0.25) is 0 Å². The fourth-order valence-electron chi connectivity index (χ4n) is 1.90. The van der Waals surface area contributed by atoms with Crippen LogP contribution in [0, 0.1) is 0 Å². The summed E-state index contributed by atoms with van der Waals surface area (Å²) in [5.74, 6) is 0.768. The predicted molar refractivity (Wildman–Crippen MR) is 88.0 cm³/mol. The number of nitrogen functional groups attached to an aromatic ring is 1. The Morgan fingerprint density at radius 2 is 1.70 bits per heavy atom. The molecule has 20 heavy (non-hydrogen) atoms. The van der Waals surface area contributed by atoms with Crippen LogP contribution in [0.2, 0.25) is 0 Å². The lowest BCUT2D eigenvalue weighted by Gasteiger charge is -2.19. The lowest BCUT2D eigenvalue weighted by Crippen LogP contribution is -2.10. The van der Waals surface area contributed by atoms with Gasteiger partial charge in [0.25, 0.3) is 0 Å². The lowest BCUT2D eigenvalue weighted by molar-refractivity contribution is 0.304. The molecule has 2 N–H and O–H groups in total. The molecule has 0 saturated heterocycles. The van der Waals surface area contributed by atoms with Gasteiger partial charge in [-0.05, 0) is 44.6 Å². The Balaban J connectivity index is 2.06. The second-order valence-corrected chi connectivity index (χ2v) is 6.69. The molecule has 0 radical (unpaired) electrons. The summed E-state index contributed by atoms with van der Waals surface area (Å²) in [6, 6.07) is 14.2. The molecule has 106 valence electrons. The predicted octanol–water partition coefficient (Wildman–Crippen LogP) is 4.91. The van der Waals surface area contributed by atoms with E-state index in [2.05, 4.69) is 61.0 Å². The van der Waals surface area contributed by atoms with Gasteiger partial charge >= 0.3 is 0 Å². The van der Waals surface area contributed by atoms with Crippen molar-refractivity contribution in [2.45, 2.75) is 32.8 Å². The molecule has 0 aliphatic carbocycles. The van der Waals surface area contributed by atoms with Crippen molar-refractivity contribution in [3.63, 3.8) is 0 Å². The van der Waals surface area contributed by atoms with Crippen molar-refractivity contribution in [3.05, 3.63) is 58.1 Å². The first-order valence-corrected chi connectivity index (χ1v) is 7.43. The standard InChI is InChI=1S/C17H20BrNO/c1-17(2,3)13-9-7-12(8-10-13)11-20-15-6-4-5-14(19)16(15)18/h4-10H,11,19H2,1-3H3. The fourth-order valence-corrected chi connectivity index (χ4v) is 2.28. The van der Waals surface area contributed by atoms with Crippen LogP contribution in [-0.4, -0.2) is 0 Å². The normalized spacial score (nSPS) is 11.4. The first-order valence-electron chi connectivity index (χ1n) is 6.64. The first kappa shape index (κ1) is 14.9. The van der Waals surface area contributed by atoms with Gasteiger partial charge in [-0.1, -0.05) is 51.1 Å². The number of rotatable bonds is 3. The Kier molecular flexibility index (Phi) is 4.39. The monoisotopic (exact) mass is 333 g/mol. The van der Waals surface area contributed by atoms with E-state index in [1.54, 1.807) is 0 Å². The Labute approximate surface area is 129 Å². The minimum absolute atomic E-state index is 0.177. The first-order chi connectivity index (χ1) is 9.38. The maximum atomic E-state index is 5.83. The molecule has 0 aliphatic heterocycles. The van der Waals surface area contributed by atoms with Crippen molar-refractivity contribution in [2.75, 3.05) is 5.73 Å². The number of nitrogens with two attached hydrogens (primary N) is 1. The molecule has 2 aromatic rings. The largest absolute Gasteiger partial charge is 0.488 e. The summed E-state index contributed by atoms with van der Waals surface area (Å²) in [5, 5.41) is 0. The summed E-state index contributed by atoms with van der Waals surface area (Å²) in [7, 11) is 0. The van der Waals surface area contributed by atoms with Crippen molar-refractivity contribution < 1.29 is 4.74 Å². The molecule has 0 unspecified atom stereocenters. The van der Waals surface area contributed by atoms with Gasteiger partial charge in [0.1, 0.15) is 12.4 Å². The molecule has 0 aliphatic rings. The number of hydrogen-bond acceptors (Lipinski definition) is 2. The van der Waals surface area contributed by atoms with E-state index in [9.17, 15) is 0 Å². The van der Waals surface area contributed by atoms with E-state index in [0.717, 1.165) is 15.8 Å². The summed E-state index contributed by atoms with van der Waals surface area (Å²) < 4.78 is 6.61. The molecule has 0 fully saturated rings. The zero-order valence-electron chi connectivity index (χ0n) is 12.1. The van der Waals surface area contributed by atoms with Crippen LogP contribution in [0.25, 0.3) is 0 Å². The summed E-state index contributed by atoms with van der Waals surface area (Å²) in [6.07, 6.45) is 0. The van der Waals surface area contributed by atoms with E-state index in [1.165, 1.54) is 5.56 Å². The maximum Gasteiger partial charge on any atom is 0.136 e. The zero-order chi connectivity index (χ0) is 14.8. The highest BCUT2D eigenvalue weighted by molar-refractivity contribution is 9.10. The van der Waals surface area contributed by atoms with E-state index in [0.29, 0.717) is 12.3 Å². The van der Waals surface area contributed by atoms with E-state index < -0.39 is 0 Å². The quantitative estimate of drug-likeness (QED) is 0.810. The van der Waals surface area contributed by atoms with Crippen LogP contribution in [-0.2, 0) is 12.0 Å². The summed E-state index contributed by atoms with van der Waals surface area (Å²) in [5.41, 5.74) is 9.16. The molecule has 0 bridgehead atoms. The molecule has 0 aromatic heterocycles. The number of halogens is 1. The van der Waals surface area contributed by atoms with Crippen molar-refractivity contribution in [1.29, 1.82) is 0 Å². The Morgan fingerprint density at radius 3 is 2.30 bits per heavy atom. The van der Waals surface area contributed by atoms with Crippen LogP contribution in [0.15, 0.2) is 46.9 Å². The Hall–Kier alpha value is -1.48. The van der Waals surface area contributed by atoms with Gasteiger partial charge < -0.3 is 10.5 Å². The third-order valence-corrected chi connectivity index (χ3v) is 4.06. The van der Waals surface area contributed by atoms with Crippen LogP contribution >= 0.6 is 15.9 Å². The van der Waals surface area contributed by atoms with Crippen LogP contribution in [0.1, 0.15) is 31.9 Å². The highest BCUT2D eigenvalue weighted by Crippen LogP contribution is 2.31. The number of hydrogen-bond donors (Lipinski definition) is 1. The van der Waals surface area contributed by atoms with E-state index in [4.69, 9.17) is 10.5 Å². The number of ether oxygens (including phenoxy) is 1. The SMILES string of the molecule is CC(C)(C)c1ccc(COc2cccc(N)c2Br)cc1. The average Bonchev–Trinajstić information content (AvgIpc) is 2.40. The van der Waals surface area contributed by atoms with E-state index in [-0.39, 0.29) is 5.41 Å². The van der Waals surface area contributed by atoms with Gasteiger partial charge in [-0.25, -0.2) is 0 Å². The van der Waals surface area contributed by atoms with Crippen LogP contribution in [0.5, 0.6) is 5.75 Å². The summed E-state index contributed by atoms with van der Waals surface area (Å²) in [6.45, 7) is 7.17. The minimum Gasteiger partial charge on any atom is -0.488 e. The third-order valence-electron chi connectivity index (χ3n) is 3.21. The topological polar surface area (TPSA) is 35.2 Å². The van der Waals surface area contributed by atoms with Crippen LogP contribution < -0.4 is 10.5 Å². The van der Waals surface area contributed by atoms with Crippen molar-refractivity contribution >= 4 is 21.6 Å². The van der Waals surface area contributed by atoms with Gasteiger partial charge in [0.05, 0.1) is 4.47 Å². The fraction of sp³-hybridized carbons (Fsp3) is 0.294. The van der Waals surface area contributed by atoms with Crippen molar-refractivity contribution in [3.8, 4) is 5.75 Å². The van der Waals surface area contributed by atoms with Gasteiger partial charge in [-0.15, -0.1) is 0 Å². The van der Waals surface area contributed by atoms with Gasteiger partial charge in [-0.3, -0.25) is 0 Å². The molecule has 2 aromatic carbocycles. The second-order valence-electron chi connectivity index (χ2n) is 5.89. The second kappa shape index (κ2) is 5.88. The summed E-state index contributed by atoms with van der Waals surface area (Å²) in [4.78, 5) is 0. The van der Waals surface area contributed by atoms with Gasteiger partial charge in [0, 0.05) is 5.69 Å². The third kappa shape index (κ3) is 3.54. The van der Waals surface area contributed by atoms with Crippen LogP contribution in [0.3, 0.4) is 0 Å². The van der Waals surface area contributed by atoms with Gasteiger partial charge in [0.15, 0.2) is 0 Å². The Bertz CT molecular complexity index is 585. The summed E-state index contributed by atoms with van der Waals surface area (Å²) >= 11 is 3.44. The highest BCUT2D eigenvalue weighted by Gasteiger charge is 2.13. The zero-order valence-corrected chi connectivity index (χ0v) is 13.7. The average molecular weight is 334 g/mol. The van der Waals surface area contributed by atoms with Crippen molar-refractivity contribution in [1.82, 2.24) is 0 Å². The molecular weight excluding hydrogens is 314 g/mol. The molecule has 0 heterocycles.